The van der Waals surface area contributed by atoms with E-state index in [9.17, 15) is 14.3 Å². The molecule has 0 saturated carbocycles. The van der Waals surface area contributed by atoms with Gasteiger partial charge in [0, 0.05) is 18.1 Å². The molecule has 2 N–H and O–H groups in total. The third kappa shape index (κ3) is 10.2. The molecule has 1 fully saturated rings. The van der Waals surface area contributed by atoms with Gasteiger partial charge in [-0.15, -0.1) is 0 Å². The summed E-state index contributed by atoms with van der Waals surface area (Å²) in [6.07, 6.45) is 0.481. The number of hydrogen-bond donors (Lipinski definition) is 2. The molecule has 1 saturated heterocycles. The van der Waals surface area contributed by atoms with Crippen LogP contribution in [0.3, 0.4) is 0 Å². The molecule has 2 radical (unpaired) electrons. The lowest BCUT2D eigenvalue weighted by molar-refractivity contribution is -0.0908. The molecule has 0 bridgehead atoms. The number of amides is 1. The van der Waals surface area contributed by atoms with Crippen molar-refractivity contribution in [3.8, 4) is 11.5 Å². The van der Waals surface area contributed by atoms with Gasteiger partial charge in [0.25, 0.3) is 5.91 Å². The van der Waals surface area contributed by atoms with E-state index in [1.165, 1.54) is 6.33 Å². The van der Waals surface area contributed by atoms with Crippen molar-refractivity contribution in [3.05, 3.63) is 216 Å². The van der Waals surface area contributed by atoms with Gasteiger partial charge in [0.2, 0.25) is 0 Å². The van der Waals surface area contributed by atoms with Crippen LogP contribution in [-0.2, 0) is 24.2 Å². The van der Waals surface area contributed by atoms with E-state index in [0.717, 1.165) is 27.8 Å². The predicted molar refractivity (Wildman–Crippen MR) is 261 cm³/mol. The van der Waals surface area contributed by atoms with Crippen molar-refractivity contribution in [2.24, 2.45) is 0 Å². The van der Waals surface area contributed by atoms with Crippen LogP contribution in [0, 0.1) is 0 Å². The lowest BCUT2D eigenvalue weighted by atomic mass is 9.80. The number of nitrogens with zero attached hydrogens (tertiary/aromatic N) is 4. The minimum Gasteiger partial charge on any atom is -0.497 e. The number of aromatic nitrogens is 4. The van der Waals surface area contributed by atoms with E-state index in [2.05, 4.69) is 44.5 Å². The van der Waals surface area contributed by atoms with Gasteiger partial charge in [-0.05, 0) is 75.8 Å². The standard InChI is InChI=1S/C53H50N5O8PSi/c1-62-43-27-23-41(24-28-43)53(40-21-13-6-14-22-40,42-25-29-44(63-2)30-26-42)64-34-46-45(66-67(60,61)31-32-68-49(37-15-7-3-8-16-37)38-17-9-4-10-18-38)33-47(65-46)58-36-56-48-50(54-35-55-51(48)58)57-52(59)39-19-11-5-12-20-39/h3-30,35-36,45-47,49H,31-34H2,1-2H3,(H,60,61)(H,54,55,57,59)/t45-,46+,47+/m0/s1. The normalized spacial score (nSPS) is 16.9. The van der Waals surface area contributed by atoms with Crippen LogP contribution in [0.1, 0.15) is 56.4 Å². The summed E-state index contributed by atoms with van der Waals surface area (Å²) in [5, 5.41) is 2.86. The number of fused-ring (bicyclic) bond motifs is 1. The van der Waals surface area contributed by atoms with E-state index in [0.29, 0.717) is 43.8 Å². The fraction of sp³-hybridized carbons (Fsp3) is 0.208. The molecule has 4 atom stereocenters. The van der Waals surface area contributed by atoms with E-state index in [4.69, 9.17) is 23.5 Å². The van der Waals surface area contributed by atoms with Gasteiger partial charge in [0.15, 0.2) is 17.0 Å². The molecule has 1 unspecified atom stereocenters. The SMILES string of the molecule is COc1ccc(C(OC[C@H]2O[C@@H](n3cnc4c(NC(=O)c5ccccc5)ncnc43)C[C@@H]2OP(=O)(O)CC[Si]C(c2ccccc2)c2ccccc2)(c2ccccc2)c2ccc(OC)cc2)cc1. The highest BCUT2D eigenvalue weighted by Gasteiger charge is 2.45. The van der Waals surface area contributed by atoms with Crippen LogP contribution < -0.4 is 14.8 Å². The van der Waals surface area contributed by atoms with Gasteiger partial charge in [-0.3, -0.25) is 13.9 Å². The molecular weight excluding hydrogens is 894 g/mol. The zero-order valence-electron chi connectivity index (χ0n) is 37.5. The second kappa shape index (κ2) is 21.0. The van der Waals surface area contributed by atoms with E-state index >= 15 is 0 Å². The van der Waals surface area contributed by atoms with Crippen molar-refractivity contribution in [2.45, 2.75) is 42.0 Å². The Morgan fingerprint density at radius 3 is 1.88 bits per heavy atom. The molecule has 15 heteroatoms. The third-order valence-corrected chi connectivity index (χ3v) is 15.5. The number of benzene rings is 6. The van der Waals surface area contributed by atoms with Crippen LogP contribution in [-0.4, -0.2) is 79.0 Å². The maximum absolute atomic E-state index is 14.4. The van der Waals surface area contributed by atoms with Gasteiger partial charge >= 0.3 is 7.60 Å². The molecule has 1 aliphatic heterocycles. The molecular formula is C53H50N5O8PSi. The van der Waals surface area contributed by atoms with Crippen molar-refractivity contribution in [1.29, 1.82) is 0 Å². The summed E-state index contributed by atoms with van der Waals surface area (Å²) in [6, 6.07) is 55.0. The number of nitrogens with one attached hydrogen (secondary N) is 1. The fourth-order valence-corrected chi connectivity index (χ4v) is 12.2. The van der Waals surface area contributed by atoms with Crippen LogP contribution >= 0.6 is 7.60 Å². The molecule has 0 aliphatic carbocycles. The Morgan fingerprint density at radius 2 is 1.31 bits per heavy atom. The summed E-state index contributed by atoms with van der Waals surface area (Å²) in [4.78, 5) is 38.5. The summed E-state index contributed by atoms with van der Waals surface area (Å²) in [5.41, 5.74) is 4.79. The average molecular weight is 944 g/mol. The number of imidazole rings is 1. The third-order valence-electron chi connectivity index (χ3n) is 12.1. The van der Waals surface area contributed by atoms with Crippen molar-refractivity contribution in [3.63, 3.8) is 0 Å². The number of carbonyl (C=O) groups excluding carboxylic acids is 1. The topological polar surface area (TPSA) is 156 Å². The molecule has 6 aromatic carbocycles. The highest BCUT2D eigenvalue weighted by Crippen LogP contribution is 2.50. The van der Waals surface area contributed by atoms with Gasteiger partial charge in [-0.25, -0.2) is 15.0 Å². The lowest BCUT2D eigenvalue weighted by Crippen LogP contribution is -2.38. The Kier molecular flexibility index (Phi) is 14.3. The van der Waals surface area contributed by atoms with Crippen molar-refractivity contribution < 1.29 is 37.7 Å². The zero-order chi connectivity index (χ0) is 46.9. The Bertz CT molecular complexity index is 2870. The number of rotatable bonds is 19. The Labute approximate surface area is 397 Å². The second-order valence-electron chi connectivity index (χ2n) is 16.3. The van der Waals surface area contributed by atoms with Gasteiger partial charge in [-0.1, -0.05) is 133 Å². The molecule has 13 nitrogen and oxygen atoms in total. The maximum atomic E-state index is 14.4. The molecule has 344 valence electrons. The summed E-state index contributed by atoms with van der Waals surface area (Å²) in [7, 11) is -0.681. The minimum atomic E-state index is -4.23. The number of ether oxygens (including phenoxy) is 4. The van der Waals surface area contributed by atoms with E-state index in [1.54, 1.807) is 49.4 Å². The molecule has 9 rings (SSSR count). The number of anilines is 1. The molecule has 3 heterocycles. The first-order valence-electron chi connectivity index (χ1n) is 22.3. The van der Waals surface area contributed by atoms with Gasteiger partial charge in [-0.2, -0.15) is 0 Å². The molecule has 8 aromatic rings. The number of carbonyl (C=O) groups is 1. The Morgan fingerprint density at radius 1 is 0.765 bits per heavy atom. The first-order valence-corrected chi connectivity index (χ1v) is 25.3. The predicted octanol–water partition coefficient (Wildman–Crippen LogP) is 9.87. The van der Waals surface area contributed by atoms with Crippen LogP contribution in [0.15, 0.2) is 183 Å². The first-order chi connectivity index (χ1) is 33.2. The average Bonchev–Trinajstić information content (AvgIpc) is 4.01. The molecule has 0 spiro atoms. The van der Waals surface area contributed by atoms with Gasteiger partial charge < -0.3 is 33.7 Å². The van der Waals surface area contributed by atoms with Gasteiger partial charge in [0.05, 0.1) is 42.8 Å². The quantitative estimate of drug-likeness (QED) is 0.0452. The lowest BCUT2D eigenvalue weighted by Gasteiger charge is -2.37. The van der Waals surface area contributed by atoms with E-state index in [-0.39, 0.29) is 36.5 Å². The van der Waals surface area contributed by atoms with Crippen molar-refractivity contribution in [2.75, 3.05) is 32.3 Å². The highest BCUT2D eigenvalue weighted by atomic mass is 31.2. The summed E-state index contributed by atoms with van der Waals surface area (Å²) >= 11 is 0. The zero-order valence-corrected chi connectivity index (χ0v) is 39.4. The highest BCUT2D eigenvalue weighted by molar-refractivity contribution is 7.52. The first kappa shape index (κ1) is 46.3. The van der Waals surface area contributed by atoms with Crippen LogP contribution in [0.2, 0.25) is 6.04 Å². The number of methoxy groups -OCH3 is 2. The summed E-state index contributed by atoms with van der Waals surface area (Å²) in [6.45, 7) is -0.0695. The van der Waals surface area contributed by atoms with Crippen LogP contribution in [0.4, 0.5) is 5.82 Å². The Hall–Kier alpha value is -6.77. The molecule has 2 aromatic heterocycles. The Balaban J connectivity index is 1.04. The monoisotopic (exact) mass is 943 g/mol. The van der Waals surface area contributed by atoms with E-state index in [1.807, 2.05) is 121 Å². The summed E-state index contributed by atoms with van der Waals surface area (Å²) in [5.74, 6) is 1.23. The maximum Gasteiger partial charge on any atom is 0.328 e. The molecule has 1 amide bonds. The van der Waals surface area contributed by atoms with Crippen LogP contribution in [0.25, 0.3) is 11.2 Å². The molecule has 1 aliphatic rings. The largest absolute Gasteiger partial charge is 0.497 e. The minimum absolute atomic E-state index is 0.0543. The smallest absolute Gasteiger partial charge is 0.328 e. The van der Waals surface area contributed by atoms with Gasteiger partial charge in [0.1, 0.15) is 35.8 Å². The number of hydrogen-bond acceptors (Lipinski definition) is 10. The molecule has 68 heavy (non-hydrogen) atoms. The van der Waals surface area contributed by atoms with Crippen molar-refractivity contribution >= 4 is 40.0 Å². The van der Waals surface area contributed by atoms with Crippen LogP contribution in [0.5, 0.6) is 11.5 Å². The fourth-order valence-electron chi connectivity index (χ4n) is 8.67. The summed E-state index contributed by atoms with van der Waals surface area (Å²) < 4.78 is 47.7. The van der Waals surface area contributed by atoms with Crippen molar-refractivity contribution in [1.82, 2.24) is 19.5 Å². The van der Waals surface area contributed by atoms with E-state index < -0.39 is 31.6 Å². The second-order valence-corrected chi connectivity index (χ2v) is 19.7.